The lowest BCUT2D eigenvalue weighted by molar-refractivity contribution is -0.870. The van der Waals surface area contributed by atoms with Crippen molar-refractivity contribution in [2.75, 3.05) is 40.9 Å². The van der Waals surface area contributed by atoms with Crippen LogP contribution in [0.15, 0.2) is 85.1 Å². The van der Waals surface area contributed by atoms with Gasteiger partial charge in [-0.3, -0.25) is 14.2 Å². The highest BCUT2D eigenvalue weighted by molar-refractivity contribution is 7.45. The number of phosphoric acid groups is 1. The van der Waals surface area contributed by atoms with Crippen LogP contribution in [0.5, 0.6) is 0 Å². The second-order valence-corrected chi connectivity index (χ2v) is 28.2. The van der Waals surface area contributed by atoms with Gasteiger partial charge in [-0.1, -0.05) is 324 Å². The summed E-state index contributed by atoms with van der Waals surface area (Å²) >= 11 is 0. The number of hydrogen-bond donors (Lipinski definition) is 1. The van der Waals surface area contributed by atoms with Gasteiger partial charge in [-0.2, -0.15) is 0 Å². The monoisotopic (exact) mass is 1270 g/mol. The van der Waals surface area contributed by atoms with Crippen LogP contribution in [-0.4, -0.2) is 69.4 Å². The minimum absolute atomic E-state index is 0.0246. The maximum atomic E-state index is 13.6. The molecule has 89 heavy (non-hydrogen) atoms. The number of amides is 1. The van der Waals surface area contributed by atoms with Crippen LogP contribution in [0.3, 0.4) is 0 Å². The summed E-state index contributed by atoms with van der Waals surface area (Å²) in [6, 6.07) is -0.894. The van der Waals surface area contributed by atoms with E-state index in [4.69, 9.17) is 13.8 Å². The number of hydrogen-bond acceptors (Lipinski definition) is 7. The number of nitrogens with one attached hydrogen (secondary N) is 1. The zero-order valence-corrected chi connectivity index (χ0v) is 60.3. The predicted octanol–water partition coefficient (Wildman–Crippen LogP) is 23.8. The highest BCUT2D eigenvalue weighted by atomic mass is 31.2. The van der Waals surface area contributed by atoms with Gasteiger partial charge in [0.1, 0.15) is 19.3 Å². The van der Waals surface area contributed by atoms with Crippen molar-refractivity contribution >= 4 is 19.7 Å². The number of unbranched alkanes of at least 4 members (excludes halogenated alkanes) is 41. The number of allylic oxidation sites excluding steroid dienone is 13. The van der Waals surface area contributed by atoms with E-state index in [1.165, 1.54) is 218 Å². The molecule has 518 valence electrons. The zero-order valence-electron chi connectivity index (χ0n) is 59.4. The normalized spacial score (nSPS) is 13.9. The summed E-state index contributed by atoms with van der Waals surface area (Å²) < 4.78 is 30.5. The Bertz CT molecular complexity index is 1800. The van der Waals surface area contributed by atoms with Crippen molar-refractivity contribution in [3.63, 3.8) is 0 Å². The number of ether oxygens (including phenoxy) is 1. The zero-order chi connectivity index (χ0) is 64.9. The molecular weight excluding hydrogens is 1120 g/mol. The van der Waals surface area contributed by atoms with E-state index in [2.05, 4.69) is 99.0 Å². The molecule has 0 fully saturated rings. The van der Waals surface area contributed by atoms with Gasteiger partial charge in [0, 0.05) is 12.8 Å². The number of likely N-dealkylation sites (N-methyl/N-ethyl adjacent to an activating group) is 1. The molecule has 1 N–H and O–H groups in total. The van der Waals surface area contributed by atoms with E-state index in [1.54, 1.807) is 0 Å². The fourth-order valence-corrected chi connectivity index (χ4v) is 11.7. The number of esters is 1. The molecular formula is C79H145N2O7P. The number of quaternary nitrogens is 1. The van der Waals surface area contributed by atoms with Crippen molar-refractivity contribution in [2.45, 2.75) is 367 Å². The topological polar surface area (TPSA) is 114 Å². The molecule has 1 amide bonds. The summed E-state index contributed by atoms with van der Waals surface area (Å²) in [5.74, 6) is -0.538. The predicted molar refractivity (Wildman–Crippen MR) is 385 cm³/mol. The molecule has 0 radical (unpaired) electrons. The highest BCUT2D eigenvalue weighted by Gasteiger charge is 2.27. The van der Waals surface area contributed by atoms with Gasteiger partial charge in [0.05, 0.1) is 33.8 Å². The maximum absolute atomic E-state index is 13.6. The smallest absolute Gasteiger partial charge is 0.306 e. The minimum atomic E-state index is -4.71. The van der Waals surface area contributed by atoms with Crippen LogP contribution in [0.2, 0.25) is 0 Å². The largest absolute Gasteiger partial charge is 0.756 e. The summed E-state index contributed by atoms with van der Waals surface area (Å²) in [5, 5.41) is 3.05. The summed E-state index contributed by atoms with van der Waals surface area (Å²) in [7, 11) is 1.19. The fraction of sp³-hybridized carbons (Fsp3) is 0.797. The van der Waals surface area contributed by atoms with E-state index < -0.39 is 26.6 Å². The molecule has 0 rings (SSSR count). The summed E-state index contributed by atoms with van der Waals surface area (Å²) in [5.41, 5.74) is 0. The van der Waals surface area contributed by atoms with Crippen LogP contribution in [0.25, 0.3) is 0 Å². The Balaban J connectivity index is 4.94. The first-order chi connectivity index (χ1) is 43.4. The van der Waals surface area contributed by atoms with Gasteiger partial charge >= 0.3 is 5.97 Å². The van der Waals surface area contributed by atoms with E-state index in [0.29, 0.717) is 17.4 Å². The Kier molecular flexibility index (Phi) is 65.9. The third-order valence-corrected chi connectivity index (χ3v) is 17.8. The van der Waals surface area contributed by atoms with E-state index in [-0.39, 0.29) is 24.9 Å². The third-order valence-electron chi connectivity index (χ3n) is 16.8. The van der Waals surface area contributed by atoms with Crippen molar-refractivity contribution < 1.29 is 37.3 Å². The molecule has 0 aliphatic carbocycles. The molecule has 10 heteroatoms. The first-order valence-electron chi connectivity index (χ1n) is 37.9. The molecule has 9 nitrogen and oxygen atoms in total. The second-order valence-electron chi connectivity index (χ2n) is 26.8. The van der Waals surface area contributed by atoms with Crippen molar-refractivity contribution in [3.8, 4) is 0 Å². The van der Waals surface area contributed by atoms with Gasteiger partial charge in [0.25, 0.3) is 7.82 Å². The van der Waals surface area contributed by atoms with Crippen LogP contribution in [0.4, 0.5) is 0 Å². The van der Waals surface area contributed by atoms with Gasteiger partial charge in [-0.15, -0.1) is 0 Å². The highest BCUT2D eigenvalue weighted by Crippen LogP contribution is 2.38. The number of carbonyl (C=O) groups is 2. The summed E-state index contributed by atoms with van der Waals surface area (Å²) in [4.78, 5) is 40.2. The minimum Gasteiger partial charge on any atom is -0.756 e. The summed E-state index contributed by atoms with van der Waals surface area (Å²) in [6.07, 6.45) is 91.5. The standard InChI is InChI=1S/C79H145N2O7P/c1-7-10-13-16-19-22-25-27-29-31-33-35-37-39-40-42-43-45-47-49-51-53-56-59-62-65-68-71-78(82)80-76(75-87-89(84,85)86-74-73-81(4,5)6)77(70-67-64-61-58-55-24-21-18-15-12-9-3)88-79(83)72-69-66-63-60-57-54-52-50-48-46-44-41-38-36-34-32-30-28-26-23-20-17-14-11-8-2/h11,14,20,23,27-30,34,36,41,44,67,70,76-77H,7-10,12-13,15-19,21-22,24-26,31-33,35,37-40,42-43,45-66,68-69,71-75H2,1-6H3,(H-,80,82,84,85)/b14-11-,23-20-,29-27+,30-28-,36-34-,44-41-,70-67+. The average Bonchev–Trinajstić information content (AvgIpc) is 3.64. The average molecular weight is 1270 g/mol. The summed E-state index contributed by atoms with van der Waals surface area (Å²) in [6.45, 7) is 6.76. The molecule has 0 aliphatic rings. The van der Waals surface area contributed by atoms with Crippen LogP contribution in [-0.2, 0) is 27.9 Å². The second kappa shape index (κ2) is 68.1. The molecule has 3 unspecified atom stereocenters. The number of carbonyl (C=O) groups excluding carboxylic acids is 2. The van der Waals surface area contributed by atoms with Crippen molar-refractivity contribution in [2.24, 2.45) is 0 Å². The Morgan fingerprint density at radius 3 is 1.09 bits per heavy atom. The Morgan fingerprint density at radius 2 is 0.719 bits per heavy atom. The first-order valence-corrected chi connectivity index (χ1v) is 39.4. The van der Waals surface area contributed by atoms with Gasteiger partial charge < -0.3 is 28.5 Å². The van der Waals surface area contributed by atoms with Crippen LogP contribution >= 0.6 is 7.82 Å². The Morgan fingerprint density at radius 1 is 0.404 bits per heavy atom. The van der Waals surface area contributed by atoms with Gasteiger partial charge in [-0.25, -0.2) is 0 Å². The van der Waals surface area contributed by atoms with Crippen LogP contribution in [0, 0.1) is 0 Å². The van der Waals surface area contributed by atoms with Crippen LogP contribution in [0.1, 0.15) is 355 Å². The lowest BCUT2D eigenvalue weighted by Gasteiger charge is -2.30. The Labute approximate surface area is 552 Å². The molecule has 0 heterocycles. The van der Waals surface area contributed by atoms with E-state index in [9.17, 15) is 19.0 Å². The number of rotatable bonds is 69. The van der Waals surface area contributed by atoms with Crippen molar-refractivity contribution in [1.82, 2.24) is 5.32 Å². The van der Waals surface area contributed by atoms with Gasteiger partial charge in [0.2, 0.25) is 5.91 Å². The Hall–Kier alpha value is -2.81. The molecule has 0 aromatic heterocycles. The number of nitrogens with zero attached hydrogens (tertiary/aromatic N) is 1. The number of phosphoric ester groups is 1. The third kappa shape index (κ3) is 69.4. The van der Waals surface area contributed by atoms with Crippen molar-refractivity contribution in [1.29, 1.82) is 0 Å². The van der Waals surface area contributed by atoms with Gasteiger partial charge in [0.15, 0.2) is 0 Å². The maximum Gasteiger partial charge on any atom is 0.306 e. The van der Waals surface area contributed by atoms with E-state index in [1.807, 2.05) is 33.3 Å². The van der Waals surface area contributed by atoms with E-state index >= 15 is 0 Å². The lowest BCUT2D eigenvalue weighted by Crippen LogP contribution is -2.47. The molecule has 0 aliphatic heterocycles. The SMILES string of the molecule is CC/C=C\C/C=C\C/C=C\C/C=C\C/C=C\CCCCCCCCCCCC(=O)OC(/C=C/CCCCCCCCCCC)C(COP(=O)([O-])OCC[N+](C)(C)C)NC(=O)CCCCCCCCCCCCCCCCCCC/C=C/CCCCCCCC. The lowest BCUT2D eigenvalue weighted by atomic mass is 10.0. The quantitative estimate of drug-likeness (QED) is 0.0212. The van der Waals surface area contributed by atoms with E-state index in [0.717, 1.165) is 103 Å². The molecule has 0 saturated heterocycles. The first kappa shape index (κ1) is 86.2. The molecule has 0 aromatic rings. The molecule has 0 aromatic carbocycles. The van der Waals surface area contributed by atoms with Crippen molar-refractivity contribution in [3.05, 3.63) is 85.1 Å². The van der Waals surface area contributed by atoms with Crippen LogP contribution < -0.4 is 10.2 Å². The molecule has 0 bridgehead atoms. The molecule has 0 saturated carbocycles. The molecule has 3 atom stereocenters. The fourth-order valence-electron chi connectivity index (χ4n) is 11.0. The van der Waals surface area contributed by atoms with Gasteiger partial charge in [-0.05, 0) is 102 Å². The molecule has 0 spiro atoms.